The van der Waals surface area contributed by atoms with Gasteiger partial charge in [-0.3, -0.25) is 9.59 Å². The van der Waals surface area contributed by atoms with Gasteiger partial charge in [-0.25, -0.2) is 0 Å². The highest BCUT2D eigenvalue weighted by Gasteiger charge is 2.10. The first kappa shape index (κ1) is 12.0. The molecule has 0 aromatic heterocycles. The maximum absolute atomic E-state index is 11.0. The summed E-state index contributed by atoms with van der Waals surface area (Å²) in [5.41, 5.74) is 0.848. The van der Waals surface area contributed by atoms with E-state index < -0.39 is 5.97 Å². The Kier molecular flexibility index (Phi) is 4.12. The van der Waals surface area contributed by atoms with E-state index in [0.717, 1.165) is 0 Å². The Morgan fingerprint density at radius 1 is 1.40 bits per heavy atom. The minimum Gasteiger partial charge on any atom is -0.469 e. The van der Waals surface area contributed by atoms with Crippen molar-refractivity contribution in [3.8, 4) is 0 Å². The monoisotopic (exact) mass is 246 g/mol. The van der Waals surface area contributed by atoms with Crippen molar-refractivity contribution in [2.24, 2.45) is 0 Å². The number of hydrogen-bond donors (Lipinski definition) is 0. The van der Waals surface area contributed by atoms with Crippen molar-refractivity contribution in [2.75, 3.05) is 7.11 Å². The number of methoxy groups -OCH3 is 1. The Morgan fingerprint density at radius 3 is 2.53 bits per heavy atom. The van der Waals surface area contributed by atoms with Crippen LogP contribution >= 0.6 is 23.2 Å². The van der Waals surface area contributed by atoms with Crippen molar-refractivity contribution in [3.63, 3.8) is 0 Å². The van der Waals surface area contributed by atoms with Crippen LogP contribution in [0.3, 0.4) is 0 Å². The highest BCUT2D eigenvalue weighted by Crippen LogP contribution is 2.25. The molecule has 1 aromatic carbocycles. The van der Waals surface area contributed by atoms with Gasteiger partial charge >= 0.3 is 5.97 Å². The Morgan fingerprint density at radius 2 is 2.00 bits per heavy atom. The van der Waals surface area contributed by atoms with Crippen LogP contribution in [-0.4, -0.2) is 19.4 Å². The SMILES string of the molecule is COC(=O)Cc1cc(Cl)c(Cl)cc1C=O. The lowest BCUT2D eigenvalue weighted by molar-refractivity contribution is -0.139. The van der Waals surface area contributed by atoms with E-state index in [0.29, 0.717) is 22.4 Å². The maximum atomic E-state index is 11.0. The predicted octanol–water partition coefficient (Wildman–Crippen LogP) is 2.52. The van der Waals surface area contributed by atoms with E-state index in [2.05, 4.69) is 4.74 Å². The summed E-state index contributed by atoms with van der Waals surface area (Å²) in [6.07, 6.45) is 0.627. The molecule has 0 bridgehead atoms. The van der Waals surface area contributed by atoms with E-state index in [-0.39, 0.29) is 11.4 Å². The summed E-state index contributed by atoms with van der Waals surface area (Å²) in [5, 5.41) is 0.591. The number of benzene rings is 1. The number of aldehydes is 1. The third-order valence-corrected chi connectivity index (χ3v) is 2.59. The molecule has 0 aliphatic heterocycles. The number of esters is 1. The summed E-state index contributed by atoms with van der Waals surface area (Å²) in [6, 6.07) is 2.92. The molecule has 3 nitrogen and oxygen atoms in total. The summed E-state index contributed by atoms with van der Waals surface area (Å²) in [7, 11) is 1.28. The summed E-state index contributed by atoms with van der Waals surface area (Å²) in [6.45, 7) is 0. The standard InChI is InChI=1S/C10H8Cl2O3/c1-15-10(14)4-6-2-8(11)9(12)3-7(6)5-13/h2-3,5H,4H2,1H3. The van der Waals surface area contributed by atoms with Gasteiger partial charge < -0.3 is 4.74 Å². The van der Waals surface area contributed by atoms with E-state index in [1.54, 1.807) is 0 Å². The summed E-state index contributed by atoms with van der Waals surface area (Å²) < 4.78 is 4.49. The number of halogens is 2. The van der Waals surface area contributed by atoms with Gasteiger partial charge in [-0.2, -0.15) is 0 Å². The van der Waals surface area contributed by atoms with Gasteiger partial charge in [0.25, 0.3) is 0 Å². The molecule has 0 saturated heterocycles. The smallest absolute Gasteiger partial charge is 0.310 e. The van der Waals surface area contributed by atoms with Crippen LogP contribution in [-0.2, 0) is 16.0 Å². The molecule has 0 saturated carbocycles. The number of ether oxygens (including phenoxy) is 1. The second-order valence-corrected chi connectivity index (χ2v) is 3.65. The van der Waals surface area contributed by atoms with Crippen molar-refractivity contribution in [1.29, 1.82) is 0 Å². The Labute approximate surface area is 96.9 Å². The maximum Gasteiger partial charge on any atom is 0.310 e. The molecule has 80 valence electrons. The molecular formula is C10H8Cl2O3. The normalized spacial score (nSPS) is 9.80. The Bertz CT molecular complexity index is 402. The number of rotatable bonds is 3. The molecule has 0 amide bonds. The molecule has 0 spiro atoms. The van der Waals surface area contributed by atoms with E-state index in [9.17, 15) is 9.59 Å². The van der Waals surface area contributed by atoms with Gasteiger partial charge in [-0.15, -0.1) is 0 Å². The minimum absolute atomic E-state index is 0.00145. The minimum atomic E-state index is -0.434. The molecule has 15 heavy (non-hydrogen) atoms. The van der Waals surface area contributed by atoms with Crippen molar-refractivity contribution in [2.45, 2.75) is 6.42 Å². The molecule has 0 aliphatic carbocycles. The third kappa shape index (κ3) is 2.94. The van der Waals surface area contributed by atoms with Gasteiger partial charge in [-0.1, -0.05) is 23.2 Å². The zero-order valence-corrected chi connectivity index (χ0v) is 9.43. The lowest BCUT2D eigenvalue weighted by atomic mass is 10.1. The Balaban J connectivity index is 3.10. The topological polar surface area (TPSA) is 43.4 Å². The average molecular weight is 247 g/mol. The Hall–Kier alpha value is -1.06. The molecule has 0 heterocycles. The van der Waals surface area contributed by atoms with E-state index in [1.165, 1.54) is 19.2 Å². The highest BCUT2D eigenvalue weighted by molar-refractivity contribution is 6.42. The molecule has 0 atom stereocenters. The zero-order valence-electron chi connectivity index (χ0n) is 7.92. The van der Waals surface area contributed by atoms with Crippen LogP contribution in [0.2, 0.25) is 10.0 Å². The second kappa shape index (κ2) is 5.14. The quantitative estimate of drug-likeness (QED) is 0.608. The molecule has 0 unspecified atom stereocenters. The lowest BCUT2D eigenvalue weighted by Gasteiger charge is -2.05. The van der Waals surface area contributed by atoms with Crippen LogP contribution in [0.25, 0.3) is 0 Å². The molecule has 1 aromatic rings. The molecule has 0 fully saturated rings. The van der Waals surface area contributed by atoms with Crippen LogP contribution in [0.5, 0.6) is 0 Å². The molecule has 1 rings (SSSR count). The van der Waals surface area contributed by atoms with Crippen molar-refractivity contribution in [1.82, 2.24) is 0 Å². The van der Waals surface area contributed by atoms with E-state index in [4.69, 9.17) is 23.2 Å². The van der Waals surface area contributed by atoms with Crippen LogP contribution in [0.1, 0.15) is 15.9 Å². The number of carbonyl (C=O) groups excluding carboxylic acids is 2. The molecular weight excluding hydrogens is 239 g/mol. The van der Waals surface area contributed by atoms with Gasteiger partial charge in [0, 0.05) is 5.56 Å². The summed E-state index contributed by atoms with van der Waals surface area (Å²) in [5.74, 6) is -0.434. The molecule has 0 radical (unpaired) electrons. The first-order chi connectivity index (χ1) is 7.08. The first-order valence-corrected chi connectivity index (χ1v) is 4.84. The zero-order chi connectivity index (χ0) is 11.4. The fourth-order valence-electron chi connectivity index (χ4n) is 1.09. The van der Waals surface area contributed by atoms with Crippen LogP contribution < -0.4 is 0 Å². The van der Waals surface area contributed by atoms with Gasteiger partial charge in [0.15, 0.2) is 0 Å². The average Bonchev–Trinajstić information content (AvgIpc) is 2.22. The van der Waals surface area contributed by atoms with E-state index in [1.807, 2.05) is 0 Å². The third-order valence-electron chi connectivity index (χ3n) is 1.87. The molecule has 5 heteroatoms. The predicted molar refractivity (Wildman–Crippen MR) is 57.6 cm³/mol. The number of carbonyl (C=O) groups is 2. The van der Waals surface area contributed by atoms with Gasteiger partial charge in [0.05, 0.1) is 23.6 Å². The number of hydrogen-bond acceptors (Lipinski definition) is 3. The first-order valence-electron chi connectivity index (χ1n) is 4.08. The van der Waals surface area contributed by atoms with Gasteiger partial charge in [-0.05, 0) is 17.7 Å². The lowest BCUT2D eigenvalue weighted by Crippen LogP contribution is -2.06. The largest absolute Gasteiger partial charge is 0.469 e. The van der Waals surface area contributed by atoms with Crippen molar-refractivity contribution >= 4 is 35.5 Å². The van der Waals surface area contributed by atoms with Crippen molar-refractivity contribution in [3.05, 3.63) is 33.3 Å². The van der Waals surface area contributed by atoms with Gasteiger partial charge in [0.2, 0.25) is 0 Å². The van der Waals surface area contributed by atoms with Crippen LogP contribution in [0.15, 0.2) is 12.1 Å². The highest BCUT2D eigenvalue weighted by atomic mass is 35.5. The van der Waals surface area contributed by atoms with E-state index >= 15 is 0 Å². The summed E-state index contributed by atoms with van der Waals surface area (Å²) >= 11 is 11.5. The van der Waals surface area contributed by atoms with Crippen LogP contribution in [0.4, 0.5) is 0 Å². The molecule has 0 aliphatic rings. The fraction of sp³-hybridized carbons (Fsp3) is 0.200. The summed E-state index contributed by atoms with van der Waals surface area (Å²) in [4.78, 5) is 21.7. The van der Waals surface area contributed by atoms with Gasteiger partial charge in [0.1, 0.15) is 6.29 Å². The molecule has 0 N–H and O–H groups in total. The van der Waals surface area contributed by atoms with Crippen molar-refractivity contribution < 1.29 is 14.3 Å². The fourth-order valence-corrected chi connectivity index (χ4v) is 1.45. The van der Waals surface area contributed by atoms with Crippen LogP contribution in [0, 0.1) is 0 Å². The second-order valence-electron chi connectivity index (χ2n) is 2.84.